The average Bonchev–Trinajstić information content (AvgIpc) is 2.53. The number of ether oxygens (including phenoxy) is 1. The van der Waals surface area contributed by atoms with E-state index in [4.69, 9.17) is 4.74 Å². The van der Waals surface area contributed by atoms with Gasteiger partial charge in [-0.15, -0.1) is 0 Å². The number of piperidine rings is 2. The molecule has 2 heterocycles. The fourth-order valence-corrected chi connectivity index (χ4v) is 3.11. The molecule has 2 unspecified atom stereocenters. The van der Waals surface area contributed by atoms with Gasteiger partial charge >= 0.3 is 6.09 Å². The number of amides is 2. The molecule has 2 aliphatic heterocycles. The second-order valence-corrected chi connectivity index (χ2v) is 5.80. The minimum atomic E-state index is -0.255. The first kappa shape index (κ1) is 13.9. The van der Waals surface area contributed by atoms with E-state index in [1.54, 1.807) is 4.90 Å². The van der Waals surface area contributed by atoms with E-state index in [9.17, 15) is 9.59 Å². The SMILES string of the molecule is O=C1CC2CCN(C(=O)OCc3ccccc3)CC2CN1. The molecule has 0 bridgehead atoms. The smallest absolute Gasteiger partial charge is 0.410 e. The molecule has 1 aromatic carbocycles. The monoisotopic (exact) mass is 288 g/mol. The van der Waals surface area contributed by atoms with Crippen LogP contribution >= 0.6 is 0 Å². The van der Waals surface area contributed by atoms with Crippen LogP contribution in [-0.4, -0.2) is 36.5 Å². The van der Waals surface area contributed by atoms with Crippen LogP contribution in [0.1, 0.15) is 18.4 Å². The average molecular weight is 288 g/mol. The van der Waals surface area contributed by atoms with E-state index in [1.165, 1.54) is 0 Å². The van der Waals surface area contributed by atoms with Crippen LogP contribution < -0.4 is 5.32 Å². The van der Waals surface area contributed by atoms with Crippen molar-refractivity contribution in [3.63, 3.8) is 0 Å². The van der Waals surface area contributed by atoms with E-state index in [0.29, 0.717) is 44.5 Å². The molecule has 112 valence electrons. The highest BCUT2D eigenvalue weighted by atomic mass is 16.6. The lowest BCUT2D eigenvalue weighted by molar-refractivity contribution is -0.125. The number of carbonyl (C=O) groups is 2. The van der Waals surface area contributed by atoms with Crippen LogP contribution in [0, 0.1) is 11.8 Å². The summed E-state index contributed by atoms with van der Waals surface area (Å²) in [4.78, 5) is 25.3. The third-order valence-electron chi connectivity index (χ3n) is 4.36. The summed E-state index contributed by atoms with van der Waals surface area (Å²) in [5.74, 6) is 0.911. The topological polar surface area (TPSA) is 58.6 Å². The molecular weight excluding hydrogens is 268 g/mol. The highest BCUT2D eigenvalue weighted by molar-refractivity contribution is 5.77. The van der Waals surface area contributed by atoms with Crippen molar-refractivity contribution in [3.05, 3.63) is 35.9 Å². The molecule has 2 atom stereocenters. The molecule has 2 fully saturated rings. The summed E-state index contributed by atoms with van der Waals surface area (Å²) >= 11 is 0. The number of benzene rings is 1. The summed E-state index contributed by atoms with van der Waals surface area (Å²) in [5.41, 5.74) is 0.991. The molecule has 0 aliphatic carbocycles. The zero-order valence-electron chi connectivity index (χ0n) is 12.0. The first-order valence-corrected chi connectivity index (χ1v) is 7.44. The van der Waals surface area contributed by atoms with Gasteiger partial charge in [0.25, 0.3) is 0 Å². The zero-order valence-corrected chi connectivity index (χ0v) is 12.0. The van der Waals surface area contributed by atoms with Gasteiger partial charge in [0.2, 0.25) is 5.91 Å². The fourth-order valence-electron chi connectivity index (χ4n) is 3.11. The lowest BCUT2D eigenvalue weighted by Crippen LogP contribution is -2.51. The van der Waals surface area contributed by atoms with Crippen LogP contribution in [-0.2, 0) is 16.1 Å². The maximum Gasteiger partial charge on any atom is 0.410 e. The Balaban J connectivity index is 1.51. The summed E-state index contributed by atoms with van der Waals surface area (Å²) in [7, 11) is 0. The van der Waals surface area contributed by atoms with Gasteiger partial charge in [-0.05, 0) is 23.8 Å². The number of rotatable bonds is 2. The highest BCUT2D eigenvalue weighted by Crippen LogP contribution is 2.29. The summed E-state index contributed by atoms with van der Waals surface area (Å²) < 4.78 is 5.37. The van der Waals surface area contributed by atoms with Crippen LogP contribution in [0.3, 0.4) is 0 Å². The maximum absolute atomic E-state index is 12.1. The second kappa shape index (κ2) is 6.16. The van der Waals surface area contributed by atoms with Crippen molar-refractivity contribution in [2.24, 2.45) is 11.8 Å². The van der Waals surface area contributed by atoms with Crippen molar-refractivity contribution in [2.45, 2.75) is 19.4 Å². The van der Waals surface area contributed by atoms with Crippen molar-refractivity contribution >= 4 is 12.0 Å². The predicted octanol–water partition coefficient (Wildman–Crippen LogP) is 1.78. The molecule has 5 nitrogen and oxygen atoms in total. The van der Waals surface area contributed by atoms with Crippen molar-refractivity contribution in [1.82, 2.24) is 10.2 Å². The Bertz CT molecular complexity index is 518. The Hall–Kier alpha value is -2.04. The van der Waals surface area contributed by atoms with Gasteiger partial charge in [0.15, 0.2) is 0 Å². The fraction of sp³-hybridized carbons (Fsp3) is 0.500. The van der Waals surface area contributed by atoms with Crippen LogP contribution in [0.25, 0.3) is 0 Å². The lowest BCUT2D eigenvalue weighted by atomic mass is 9.81. The number of nitrogens with one attached hydrogen (secondary N) is 1. The van der Waals surface area contributed by atoms with E-state index in [0.717, 1.165) is 12.0 Å². The minimum absolute atomic E-state index is 0.136. The van der Waals surface area contributed by atoms with E-state index >= 15 is 0 Å². The predicted molar refractivity (Wildman–Crippen MR) is 77.4 cm³/mol. The molecular formula is C16H20N2O3. The molecule has 2 saturated heterocycles. The lowest BCUT2D eigenvalue weighted by Gasteiger charge is -2.40. The first-order chi connectivity index (χ1) is 10.2. The first-order valence-electron chi connectivity index (χ1n) is 7.44. The van der Waals surface area contributed by atoms with Gasteiger partial charge in [0.1, 0.15) is 6.61 Å². The number of hydrogen-bond acceptors (Lipinski definition) is 3. The van der Waals surface area contributed by atoms with Gasteiger partial charge in [-0.2, -0.15) is 0 Å². The molecule has 2 aliphatic rings. The number of carbonyl (C=O) groups excluding carboxylic acids is 2. The van der Waals surface area contributed by atoms with Gasteiger partial charge in [-0.1, -0.05) is 30.3 Å². The van der Waals surface area contributed by atoms with E-state index < -0.39 is 0 Å². The molecule has 21 heavy (non-hydrogen) atoms. The zero-order chi connectivity index (χ0) is 14.7. The Morgan fingerprint density at radius 1 is 1.29 bits per heavy atom. The van der Waals surface area contributed by atoms with Gasteiger partial charge in [-0.25, -0.2) is 4.79 Å². The summed E-state index contributed by atoms with van der Waals surface area (Å²) in [6, 6.07) is 9.68. The van der Waals surface area contributed by atoms with Crippen molar-refractivity contribution in [1.29, 1.82) is 0 Å². The van der Waals surface area contributed by atoms with E-state index in [1.807, 2.05) is 30.3 Å². The Kier molecular flexibility index (Phi) is 4.08. The third kappa shape index (κ3) is 3.35. The van der Waals surface area contributed by atoms with Crippen LogP contribution in [0.15, 0.2) is 30.3 Å². The number of hydrogen-bond donors (Lipinski definition) is 1. The molecule has 0 radical (unpaired) electrons. The molecule has 0 aromatic heterocycles. The molecule has 0 saturated carbocycles. The van der Waals surface area contributed by atoms with Crippen molar-refractivity contribution < 1.29 is 14.3 Å². The quantitative estimate of drug-likeness (QED) is 0.902. The van der Waals surface area contributed by atoms with Crippen molar-refractivity contribution in [3.8, 4) is 0 Å². The van der Waals surface area contributed by atoms with E-state index in [2.05, 4.69) is 5.32 Å². The van der Waals surface area contributed by atoms with Gasteiger partial charge in [-0.3, -0.25) is 4.79 Å². The van der Waals surface area contributed by atoms with Crippen LogP contribution in [0.5, 0.6) is 0 Å². The normalized spacial score (nSPS) is 25.0. The van der Waals surface area contributed by atoms with Gasteiger partial charge in [0.05, 0.1) is 0 Å². The Morgan fingerprint density at radius 2 is 2.10 bits per heavy atom. The van der Waals surface area contributed by atoms with Gasteiger partial charge in [0, 0.05) is 26.1 Å². The Morgan fingerprint density at radius 3 is 2.90 bits per heavy atom. The molecule has 1 aromatic rings. The molecule has 0 spiro atoms. The highest BCUT2D eigenvalue weighted by Gasteiger charge is 2.36. The van der Waals surface area contributed by atoms with Gasteiger partial charge < -0.3 is 15.0 Å². The standard InChI is InChI=1S/C16H20N2O3/c19-15-8-13-6-7-18(10-14(13)9-17-15)16(20)21-11-12-4-2-1-3-5-12/h1-5,13-14H,6-11H2,(H,17,19). The number of likely N-dealkylation sites (tertiary alicyclic amines) is 1. The summed E-state index contributed by atoms with van der Waals surface area (Å²) in [6.07, 6.45) is 1.23. The summed E-state index contributed by atoms with van der Waals surface area (Å²) in [6.45, 7) is 2.34. The molecule has 5 heteroatoms. The maximum atomic E-state index is 12.1. The largest absolute Gasteiger partial charge is 0.445 e. The van der Waals surface area contributed by atoms with Crippen LogP contribution in [0.2, 0.25) is 0 Å². The number of fused-ring (bicyclic) bond motifs is 1. The molecule has 1 N–H and O–H groups in total. The van der Waals surface area contributed by atoms with Crippen LogP contribution in [0.4, 0.5) is 4.79 Å². The second-order valence-electron chi connectivity index (χ2n) is 5.80. The minimum Gasteiger partial charge on any atom is -0.445 e. The van der Waals surface area contributed by atoms with Crippen molar-refractivity contribution in [2.75, 3.05) is 19.6 Å². The third-order valence-corrected chi connectivity index (χ3v) is 4.36. The Labute approximate surface area is 124 Å². The molecule has 3 rings (SSSR count). The molecule has 2 amide bonds. The summed E-state index contributed by atoms with van der Waals surface area (Å²) in [5, 5.41) is 2.88. The number of nitrogens with zero attached hydrogens (tertiary/aromatic N) is 1. The van der Waals surface area contributed by atoms with E-state index in [-0.39, 0.29) is 12.0 Å².